The van der Waals surface area contributed by atoms with Gasteiger partial charge in [0, 0.05) is 30.8 Å². The molecule has 0 bridgehead atoms. The number of rotatable bonds is 14. The number of carbonyl (C=O) groups is 2. The SMILES string of the molecule is CB(O)NCc1cccc(-n2nc(C(F)(F)F)cc2C(=O)Nc2ccc(-c3ccccc3C)cc2F)c1.NS(=O)(=O)c1ccccc1-c1ccc(NC(=O)c2cc(C(F)(F)F)nn2-c2cccc(CNCl)c2)c(F)c1. The fraction of sp³-hybridized carbons (Fsp3) is 0.120. The molecule has 75 heavy (non-hydrogen) atoms. The molecule has 8 rings (SSSR count). The number of hydrogen-bond donors (Lipinski definition) is 6. The molecule has 6 aromatic carbocycles. The second-order valence-electron chi connectivity index (χ2n) is 16.5. The van der Waals surface area contributed by atoms with Crippen LogP contribution in [0.2, 0.25) is 6.82 Å². The summed E-state index contributed by atoms with van der Waals surface area (Å²) in [6, 6.07) is 34.4. The van der Waals surface area contributed by atoms with Crippen molar-refractivity contribution in [2.45, 2.75) is 44.1 Å². The molecule has 0 aliphatic heterocycles. The van der Waals surface area contributed by atoms with E-state index >= 15 is 0 Å². The summed E-state index contributed by atoms with van der Waals surface area (Å²) < 4.78 is 136. The number of aryl methyl sites for hydroxylation is 1. The van der Waals surface area contributed by atoms with Crippen LogP contribution in [0.15, 0.2) is 150 Å². The quantitative estimate of drug-likeness (QED) is 0.0349. The predicted molar refractivity (Wildman–Crippen MR) is 266 cm³/mol. The van der Waals surface area contributed by atoms with E-state index in [1.54, 1.807) is 30.3 Å². The molecule has 388 valence electrons. The van der Waals surface area contributed by atoms with Gasteiger partial charge in [-0.1, -0.05) is 78.9 Å². The van der Waals surface area contributed by atoms with E-state index in [0.29, 0.717) is 28.8 Å². The average Bonchev–Trinajstić information content (AvgIpc) is 4.03. The van der Waals surface area contributed by atoms with Gasteiger partial charge < -0.3 is 20.9 Å². The molecule has 0 saturated heterocycles. The largest absolute Gasteiger partial charge is 0.437 e. The van der Waals surface area contributed by atoms with Crippen molar-refractivity contribution in [2.75, 3.05) is 10.6 Å². The maximum Gasteiger partial charge on any atom is 0.435 e. The number of amides is 2. The number of primary sulfonamides is 1. The molecule has 14 nitrogen and oxygen atoms in total. The van der Waals surface area contributed by atoms with E-state index in [2.05, 4.69) is 30.9 Å². The van der Waals surface area contributed by atoms with Crippen molar-refractivity contribution < 1.29 is 58.2 Å². The molecule has 25 heteroatoms. The molecular weight excluding hydrogens is 1040 g/mol. The summed E-state index contributed by atoms with van der Waals surface area (Å²) in [5.41, 5.74) is 0.182. The molecule has 2 aromatic heterocycles. The van der Waals surface area contributed by atoms with Gasteiger partial charge in [0.15, 0.2) is 11.4 Å². The van der Waals surface area contributed by atoms with E-state index in [9.17, 15) is 58.2 Å². The van der Waals surface area contributed by atoms with Crippen LogP contribution < -0.4 is 25.8 Å². The number of benzene rings is 6. The first-order valence-electron chi connectivity index (χ1n) is 22.1. The Bertz CT molecular complexity index is 3520. The van der Waals surface area contributed by atoms with Crippen LogP contribution in [0, 0.1) is 18.6 Å². The normalized spacial score (nSPS) is 11.7. The molecule has 0 aliphatic rings. The number of halogens is 9. The minimum absolute atomic E-state index is 0.131. The Morgan fingerprint density at radius 2 is 1.09 bits per heavy atom. The summed E-state index contributed by atoms with van der Waals surface area (Å²) in [5, 5.41) is 29.2. The Morgan fingerprint density at radius 3 is 1.53 bits per heavy atom. The van der Waals surface area contributed by atoms with Gasteiger partial charge in [-0.25, -0.2) is 36.5 Å². The minimum atomic E-state index is -4.85. The zero-order valence-corrected chi connectivity index (χ0v) is 40.7. The monoisotopic (exact) mass is 1080 g/mol. The van der Waals surface area contributed by atoms with Crippen LogP contribution in [-0.2, 0) is 35.5 Å². The summed E-state index contributed by atoms with van der Waals surface area (Å²) in [5.74, 6) is -3.72. The Morgan fingerprint density at radius 1 is 0.640 bits per heavy atom. The minimum Gasteiger partial charge on any atom is -0.437 e. The highest BCUT2D eigenvalue weighted by atomic mass is 35.5. The Kier molecular flexibility index (Phi) is 16.7. The maximum absolute atomic E-state index is 15.0. The number of aromatic nitrogens is 4. The van der Waals surface area contributed by atoms with Gasteiger partial charge in [-0.15, -0.1) is 0 Å². The lowest BCUT2D eigenvalue weighted by Gasteiger charge is -2.12. The average molecular weight is 1080 g/mol. The maximum atomic E-state index is 15.0. The molecular formula is C50H41BClF8N9O5S. The zero-order valence-electron chi connectivity index (χ0n) is 39.1. The summed E-state index contributed by atoms with van der Waals surface area (Å²) in [4.78, 5) is 28.2. The molecule has 0 spiro atoms. The summed E-state index contributed by atoms with van der Waals surface area (Å²) >= 11 is 5.51. The van der Waals surface area contributed by atoms with Crippen molar-refractivity contribution in [2.24, 2.45) is 5.14 Å². The van der Waals surface area contributed by atoms with Gasteiger partial charge in [-0.2, -0.15) is 36.5 Å². The third-order valence-corrected chi connectivity index (χ3v) is 12.1. The lowest BCUT2D eigenvalue weighted by molar-refractivity contribution is -0.142. The van der Waals surface area contributed by atoms with E-state index in [-0.39, 0.29) is 51.9 Å². The molecule has 0 aliphatic carbocycles. The van der Waals surface area contributed by atoms with Crippen molar-refractivity contribution >= 4 is 52.0 Å². The van der Waals surface area contributed by atoms with Crippen molar-refractivity contribution in [3.63, 3.8) is 0 Å². The number of nitrogens with one attached hydrogen (secondary N) is 4. The van der Waals surface area contributed by atoms with Crippen LogP contribution in [0.5, 0.6) is 0 Å². The van der Waals surface area contributed by atoms with E-state index < -0.39 is 75.7 Å². The Hall–Kier alpha value is -7.74. The number of nitrogens with two attached hydrogens (primary N) is 1. The summed E-state index contributed by atoms with van der Waals surface area (Å²) in [7, 11) is -4.91. The number of carbonyl (C=O) groups excluding carboxylic acids is 2. The van der Waals surface area contributed by atoms with Crippen LogP contribution in [0.4, 0.5) is 46.5 Å². The van der Waals surface area contributed by atoms with Crippen molar-refractivity contribution in [3.8, 4) is 33.6 Å². The smallest absolute Gasteiger partial charge is 0.435 e. The van der Waals surface area contributed by atoms with Gasteiger partial charge in [-0.3, -0.25) is 9.59 Å². The topological polar surface area (TPSA) is 198 Å². The third-order valence-electron chi connectivity index (χ3n) is 11.0. The Balaban J connectivity index is 0.000000219. The predicted octanol–water partition coefficient (Wildman–Crippen LogP) is 10.3. The number of nitrogens with zero attached hydrogens (tertiary/aromatic N) is 4. The Labute approximate surface area is 428 Å². The number of hydrogen-bond acceptors (Lipinski definition) is 9. The van der Waals surface area contributed by atoms with Gasteiger partial charge in [0.1, 0.15) is 23.0 Å². The molecule has 0 unspecified atom stereocenters. The van der Waals surface area contributed by atoms with Crippen LogP contribution in [0.25, 0.3) is 33.6 Å². The molecule has 0 fully saturated rings. The first-order chi connectivity index (χ1) is 35.4. The van der Waals surface area contributed by atoms with Crippen molar-refractivity contribution in [1.82, 2.24) is 29.6 Å². The first-order valence-corrected chi connectivity index (χ1v) is 24.0. The lowest BCUT2D eigenvalue weighted by Crippen LogP contribution is -2.29. The van der Waals surface area contributed by atoms with Gasteiger partial charge in [0.05, 0.1) is 27.6 Å². The number of sulfonamides is 1. The first kappa shape index (κ1) is 55.0. The van der Waals surface area contributed by atoms with Crippen LogP contribution in [-0.4, -0.2) is 51.9 Å². The highest BCUT2D eigenvalue weighted by Crippen LogP contribution is 2.34. The standard InChI is InChI=1S/C26H23BF4N4O2.C24H18ClF4N5O3S/c1-16-6-3-4-9-20(16)18-10-11-22(21(28)13-18)33-25(36)23-14-24(26(29,30)31)34-35(23)19-8-5-7-17(12-19)15-32-27(2)37;25-31-13-14-4-3-5-16(10-14)34-20(12-22(33-34)24(27,28)29)23(35)32-19-9-8-15(11-18(19)26)17-6-1-2-7-21(17)38(30,36)37/h3-14,32,37H,15H2,1-2H3,(H,33,36);1-12,31H,13H2,(H,32,35)(H2,30,36,37). The molecule has 2 amide bonds. The number of alkyl halides is 6. The van der Waals surface area contributed by atoms with Crippen molar-refractivity contribution in [3.05, 3.63) is 197 Å². The van der Waals surface area contributed by atoms with Crippen LogP contribution >= 0.6 is 11.8 Å². The summed E-state index contributed by atoms with van der Waals surface area (Å²) in [6.45, 7) is 3.84. The van der Waals surface area contributed by atoms with E-state index in [0.717, 1.165) is 32.6 Å². The second-order valence-corrected chi connectivity index (χ2v) is 18.3. The van der Waals surface area contributed by atoms with Gasteiger partial charge >= 0.3 is 19.4 Å². The molecule has 0 radical (unpaired) electrons. The molecule has 0 atom stereocenters. The van der Waals surface area contributed by atoms with E-state index in [4.69, 9.17) is 16.9 Å². The van der Waals surface area contributed by atoms with Gasteiger partial charge in [0.2, 0.25) is 10.0 Å². The zero-order chi connectivity index (χ0) is 54.4. The van der Waals surface area contributed by atoms with Crippen molar-refractivity contribution in [1.29, 1.82) is 0 Å². The fourth-order valence-corrected chi connectivity index (χ4v) is 8.40. The third kappa shape index (κ3) is 13.5. The van der Waals surface area contributed by atoms with E-state index in [1.807, 2.05) is 31.2 Å². The molecule has 2 heterocycles. The molecule has 7 N–H and O–H groups in total. The molecule has 8 aromatic rings. The fourth-order valence-electron chi connectivity index (χ4n) is 7.49. The highest BCUT2D eigenvalue weighted by molar-refractivity contribution is 7.89. The number of anilines is 2. The van der Waals surface area contributed by atoms with Gasteiger partial charge in [0.25, 0.3) is 11.8 Å². The highest BCUT2D eigenvalue weighted by Gasteiger charge is 2.37. The second kappa shape index (κ2) is 22.8. The van der Waals surface area contributed by atoms with Gasteiger partial charge in [-0.05, 0) is 114 Å². The van der Waals surface area contributed by atoms with E-state index in [1.165, 1.54) is 73.6 Å². The summed E-state index contributed by atoms with van der Waals surface area (Å²) in [6.07, 6.45) is -9.65. The van der Waals surface area contributed by atoms with Crippen LogP contribution in [0.1, 0.15) is 49.1 Å². The molecule has 0 saturated carbocycles. The lowest BCUT2D eigenvalue weighted by atomic mass is 9.88. The van der Waals surface area contributed by atoms with Crippen LogP contribution in [0.3, 0.4) is 0 Å².